The van der Waals surface area contributed by atoms with Gasteiger partial charge in [0.25, 0.3) is 0 Å². The van der Waals surface area contributed by atoms with Gasteiger partial charge in [-0.25, -0.2) is 0 Å². The van der Waals surface area contributed by atoms with Crippen LogP contribution in [-0.4, -0.2) is 35.0 Å². The van der Waals surface area contributed by atoms with E-state index < -0.39 is 17.8 Å². The third kappa shape index (κ3) is 2.21. The highest BCUT2D eigenvalue weighted by Crippen LogP contribution is 2.58. The minimum atomic E-state index is -0.880. The van der Waals surface area contributed by atoms with Gasteiger partial charge in [0.05, 0.1) is 11.8 Å². The SMILES string of the molecule is CCN(CC)C(=O)[C@@H]1C2c3ccccc3C(c3ccccc32)[C@H]1C(=O)O. The molecule has 2 aromatic rings. The van der Waals surface area contributed by atoms with Crippen molar-refractivity contribution in [3.63, 3.8) is 0 Å². The number of aliphatic carboxylic acids is 1. The highest BCUT2D eigenvalue weighted by Gasteiger charge is 2.55. The second-order valence-electron chi connectivity index (χ2n) is 7.11. The average Bonchev–Trinajstić information content (AvgIpc) is 2.68. The molecular formula is C22H23NO3. The molecule has 0 spiro atoms. The predicted molar refractivity (Wildman–Crippen MR) is 99.1 cm³/mol. The number of carboxylic acid groups (broad SMARTS) is 1. The Labute approximate surface area is 153 Å². The van der Waals surface area contributed by atoms with Gasteiger partial charge >= 0.3 is 5.97 Å². The number of carboxylic acids is 1. The van der Waals surface area contributed by atoms with Gasteiger partial charge in [-0.05, 0) is 36.1 Å². The number of nitrogens with zero attached hydrogens (tertiary/aromatic N) is 1. The normalized spacial score (nSPS) is 25.3. The summed E-state index contributed by atoms with van der Waals surface area (Å²) in [7, 11) is 0. The van der Waals surface area contributed by atoms with Gasteiger partial charge in [0.2, 0.25) is 5.91 Å². The summed E-state index contributed by atoms with van der Waals surface area (Å²) >= 11 is 0. The van der Waals surface area contributed by atoms with Crippen molar-refractivity contribution in [3.8, 4) is 0 Å². The number of carbonyl (C=O) groups is 2. The molecule has 3 aliphatic rings. The van der Waals surface area contributed by atoms with E-state index >= 15 is 0 Å². The number of rotatable bonds is 4. The number of fused-ring (bicyclic) bond motifs is 1. The highest BCUT2D eigenvalue weighted by molar-refractivity contribution is 5.89. The minimum absolute atomic E-state index is 0.0404. The Kier molecular flexibility index (Phi) is 4.06. The molecule has 0 heterocycles. The maximum atomic E-state index is 13.3. The van der Waals surface area contributed by atoms with E-state index in [2.05, 4.69) is 12.1 Å². The topological polar surface area (TPSA) is 57.6 Å². The van der Waals surface area contributed by atoms with Crippen LogP contribution in [0.25, 0.3) is 0 Å². The molecule has 1 amide bonds. The van der Waals surface area contributed by atoms with Crippen LogP contribution in [0.15, 0.2) is 48.5 Å². The van der Waals surface area contributed by atoms with Crippen molar-refractivity contribution < 1.29 is 14.7 Å². The maximum absolute atomic E-state index is 13.3. The molecule has 2 bridgehead atoms. The molecular weight excluding hydrogens is 326 g/mol. The van der Waals surface area contributed by atoms with E-state index in [1.807, 2.05) is 50.2 Å². The van der Waals surface area contributed by atoms with Crippen molar-refractivity contribution in [1.29, 1.82) is 0 Å². The van der Waals surface area contributed by atoms with Crippen molar-refractivity contribution in [3.05, 3.63) is 70.8 Å². The van der Waals surface area contributed by atoms with Gasteiger partial charge < -0.3 is 10.0 Å². The Morgan fingerprint density at radius 3 is 1.54 bits per heavy atom. The number of hydrogen-bond acceptors (Lipinski definition) is 2. The lowest BCUT2D eigenvalue weighted by Crippen LogP contribution is -2.51. The third-order valence-electron chi connectivity index (χ3n) is 6.08. The fourth-order valence-electron chi connectivity index (χ4n) is 5.02. The van der Waals surface area contributed by atoms with Crippen molar-refractivity contribution >= 4 is 11.9 Å². The average molecular weight is 349 g/mol. The predicted octanol–water partition coefficient (Wildman–Crippen LogP) is 3.46. The summed E-state index contributed by atoms with van der Waals surface area (Å²) in [6, 6.07) is 16.1. The van der Waals surface area contributed by atoms with Crippen LogP contribution in [0.1, 0.15) is 47.9 Å². The van der Waals surface area contributed by atoms with Crippen molar-refractivity contribution in [2.24, 2.45) is 11.8 Å². The van der Waals surface area contributed by atoms with Gasteiger partial charge in [-0.1, -0.05) is 48.5 Å². The quantitative estimate of drug-likeness (QED) is 0.920. The summed E-state index contributed by atoms with van der Waals surface area (Å²) in [5.74, 6) is -2.66. The Balaban J connectivity index is 1.96. The van der Waals surface area contributed by atoms with Crippen LogP contribution in [0.2, 0.25) is 0 Å². The Bertz CT molecular complexity index is 824. The first-order chi connectivity index (χ1) is 12.6. The fourth-order valence-corrected chi connectivity index (χ4v) is 5.02. The molecule has 0 aromatic heterocycles. The molecule has 5 rings (SSSR count). The first-order valence-electron chi connectivity index (χ1n) is 9.29. The van der Waals surface area contributed by atoms with E-state index in [0.717, 1.165) is 22.3 Å². The maximum Gasteiger partial charge on any atom is 0.308 e. The van der Waals surface area contributed by atoms with Crippen LogP contribution in [0.4, 0.5) is 0 Å². The van der Waals surface area contributed by atoms with E-state index in [1.54, 1.807) is 4.90 Å². The van der Waals surface area contributed by atoms with Gasteiger partial charge in [0, 0.05) is 24.9 Å². The van der Waals surface area contributed by atoms with E-state index in [4.69, 9.17) is 0 Å². The van der Waals surface area contributed by atoms with E-state index in [0.29, 0.717) is 13.1 Å². The summed E-state index contributed by atoms with van der Waals surface area (Å²) in [6.45, 7) is 5.08. The molecule has 1 N–H and O–H groups in total. The monoisotopic (exact) mass is 349 g/mol. The van der Waals surface area contributed by atoms with Crippen molar-refractivity contribution in [2.75, 3.05) is 13.1 Å². The lowest BCUT2D eigenvalue weighted by molar-refractivity contribution is -0.152. The second kappa shape index (κ2) is 6.27. The molecule has 0 aliphatic heterocycles. The standard InChI is InChI=1S/C22H23NO3/c1-3-23(4-2)21(24)19-17-13-9-5-7-11-15(13)18(20(19)22(25)26)16-12-8-6-10-14(16)17/h5-12,17-20H,3-4H2,1-2H3,(H,25,26)/t17?,18?,19-,20-/m1/s1. The number of carbonyl (C=O) groups excluding carboxylic acids is 1. The summed E-state index contributed by atoms with van der Waals surface area (Å²) in [5.41, 5.74) is 4.35. The van der Waals surface area contributed by atoms with Crippen molar-refractivity contribution in [1.82, 2.24) is 4.90 Å². The number of benzene rings is 2. The van der Waals surface area contributed by atoms with Crippen LogP contribution in [-0.2, 0) is 9.59 Å². The van der Waals surface area contributed by atoms with E-state index in [9.17, 15) is 14.7 Å². The molecule has 4 nitrogen and oxygen atoms in total. The molecule has 0 saturated carbocycles. The zero-order chi connectivity index (χ0) is 18.4. The molecule has 0 fully saturated rings. The van der Waals surface area contributed by atoms with Crippen LogP contribution >= 0.6 is 0 Å². The second-order valence-corrected chi connectivity index (χ2v) is 7.11. The smallest absolute Gasteiger partial charge is 0.308 e. The Morgan fingerprint density at radius 1 is 0.808 bits per heavy atom. The zero-order valence-corrected chi connectivity index (χ0v) is 15.1. The molecule has 2 atom stereocenters. The van der Waals surface area contributed by atoms with Gasteiger partial charge in [-0.15, -0.1) is 0 Å². The molecule has 0 saturated heterocycles. The largest absolute Gasteiger partial charge is 0.481 e. The molecule has 134 valence electrons. The number of hydrogen-bond donors (Lipinski definition) is 1. The Morgan fingerprint density at radius 2 is 1.19 bits per heavy atom. The highest BCUT2D eigenvalue weighted by atomic mass is 16.4. The molecule has 26 heavy (non-hydrogen) atoms. The molecule has 3 aliphatic carbocycles. The first-order valence-corrected chi connectivity index (χ1v) is 9.29. The van der Waals surface area contributed by atoms with Crippen LogP contribution in [0.5, 0.6) is 0 Å². The van der Waals surface area contributed by atoms with Gasteiger partial charge in [-0.3, -0.25) is 9.59 Å². The fraction of sp³-hybridized carbons (Fsp3) is 0.364. The van der Waals surface area contributed by atoms with Crippen LogP contribution in [0, 0.1) is 11.8 Å². The summed E-state index contributed by atoms with van der Waals surface area (Å²) in [6.07, 6.45) is 0. The summed E-state index contributed by atoms with van der Waals surface area (Å²) in [5, 5.41) is 10.1. The van der Waals surface area contributed by atoms with Crippen molar-refractivity contribution in [2.45, 2.75) is 25.7 Å². The molecule has 2 aromatic carbocycles. The first kappa shape index (κ1) is 16.8. The Hall–Kier alpha value is -2.62. The minimum Gasteiger partial charge on any atom is -0.481 e. The summed E-state index contributed by atoms with van der Waals surface area (Å²) in [4.78, 5) is 27.4. The molecule has 0 unspecified atom stereocenters. The molecule has 4 heteroatoms. The lowest BCUT2D eigenvalue weighted by Gasteiger charge is -2.49. The van der Waals surface area contributed by atoms with Crippen LogP contribution < -0.4 is 0 Å². The number of amides is 1. The van der Waals surface area contributed by atoms with Gasteiger partial charge in [0.1, 0.15) is 0 Å². The molecule has 0 radical (unpaired) electrons. The lowest BCUT2D eigenvalue weighted by atomic mass is 9.54. The van der Waals surface area contributed by atoms with Gasteiger partial charge in [-0.2, -0.15) is 0 Å². The van der Waals surface area contributed by atoms with Gasteiger partial charge in [0.15, 0.2) is 0 Å². The zero-order valence-electron chi connectivity index (χ0n) is 15.1. The van der Waals surface area contributed by atoms with E-state index in [1.165, 1.54) is 0 Å². The third-order valence-corrected chi connectivity index (χ3v) is 6.08. The van der Waals surface area contributed by atoms with E-state index in [-0.39, 0.29) is 17.7 Å². The van der Waals surface area contributed by atoms with Crippen LogP contribution in [0.3, 0.4) is 0 Å². The summed E-state index contributed by atoms with van der Waals surface area (Å²) < 4.78 is 0.